The van der Waals surface area contributed by atoms with Gasteiger partial charge in [-0.1, -0.05) is 30.4 Å². The number of nitrogens with zero attached hydrogens (tertiary/aromatic N) is 1. The van der Waals surface area contributed by atoms with Crippen LogP contribution >= 0.6 is 11.3 Å². The summed E-state index contributed by atoms with van der Waals surface area (Å²) >= 11 is 1.36. The van der Waals surface area contributed by atoms with Crippen LogP contribution in [0.15, 0.2) is 42.5 Å². The second-order valence-electron chi connectivity index (χ2n) is 7.79. The number of ether oxygens (including phenoxy) is 2. The third-order valence-corrected chi connectivity index (χ3v) is 6.52. The maximum Gasteiger partial charge on any atom is 0.310 e. The van der Waals surface area contributed by atoms with Gasteiger partial charge < -0.3 is 25.0 Å². The predicted molar refractivity (Wildman–Crippen MR) is 121 cm³/mol. The van der Waals surface area contributed by atoms with Gasteiger partial charge in [0.1, 0.15) is 12.1 Å². The van der Waals surface area contributed by atoms with Crippen molar-refractivity contribution in [2.75, 3.05) is 19.7 Å². The average molecular weight is 472 g/mol. The Balaban J connectivity index is 1.37. The third-order valence-electron chi connectivity index (χ3n) is 5.40. The number of cyclic esters (lactones) is 1. The topological polar surface area (TPSA) is 114 Å². The van der Waals surface area contributed by atoms with E-state index in [1.165, 1.54) is 16.2 Å². The standard InChI is InChI=1S/C23H25N3O6S/c1-2-31-23-16(12-20(28)32-23)24-19(27)13-26-10-6-5-8-15(22(26)30)25-21(29)18-11-14-7-3-4-9-17(14)33-18/h3-7,9,11,15-16,23H,2,8,10,12-13H2,1H3,(H,24,27)(H,25,29). The maximum atomic E-state index is 13.1. The first-order valence-corrected chi connectivity index (χ1v) is 11.6. The Morgan fingerprint density at radius 3 is 2.82 bits per heavy atom. The van der Waals surface area contributed by atoms with Crippen LogP contribution in [0.5, 0.6) is 0 Å². The van der Waals surface area contributed by atoms with E-state index in [9.17, 15) is 19.2 Å². The molecular formula is C23H25N3O6S. The highest BCUT2D eigenvalue weighted by molar-refractivity contribution is 7.20. The molecule has 10 heteroatoms. The van der Waals surface area contributed by atoms with Crippen molar-refractivity contribution in [1.29, 1.82) is 0 Å². The zero-order valence-corrected chi connectivity index (χ0v) is 18.9. The van der Waals surface area contributed by atoms with E-state index in [1.807, 2.05) is 30.3 Å². The molecule has 0 aliphatic carbocycles. The van der Waals surface area contributed by atoms with Gasteiger partial charge in [-0.2, -0.15) is 0 Å². The number of benzene rings is 1. The zero-order valence-electron chi connectivity index (χ0n) is 18.1. The molecule has 2 N–H and O–H groups in total. The molecule has 3 unspecified atom stereocenters. The van der Waals surface area contributed by atoms with E-state index in [2.05, 4.69) is 10.6 Å². The molecular weight excluding hydrogens is 446 g/mol. The van der Waals surface area contributed by atoms with Gasteiger partial charge in [-0.3, -0.25) is 19.2 Å². The fourth-order valence-corrected chi connectivity index (χ4v) is 4.79. The van der Waals surface area contributed by atoms with Crippen molar-refractivity contribution < 1.29 is 28.7 Å². The van der Waals surface area contributed by atoms with Crippen LogP contribution in [-0.4, -0.2) is 66.7 Å². The lowest BCUT2D eigenvalue weighted by atomic mass is 10.1. The molecule has 9 nitrogen and oxygen atoms in total. The number of carbonyl (C=O) groups is 4. The molecule has 1 aromatic carbocycles. The maximum absolute atomic E-state index is 13.1. The van der Waals surface area contributed by atoms with Gasteiger partial charge >= 0.3 is 5.97 Å². The fraction of sp³-hybridized carbons (Fsp3) is 0.391. The fourth-order valence-electron chi connectivity index (χ4n) is 3.83. The van der Waals surface area contributed by atoms with E-state index in [4.69, 9.17) is 9.47 Å². The molecule has 3 heterocycles. The van der Waals surface area contributed by atoms with Gasteiger partial charge in [0.15, 0.2) is 0 Å². The lowest BCUT2D eigenvalue weighted by Crippen LogP contribution is -2.51. The Kier molecular flexibility index (Phi) is 7.05. The van der Waals surface area contributed by atoms with Crippen LogP contribution in [0.25, 0.3) is 10.1 Å². The molecule has 3 amide bonds. The van der Waals surface area contributed by atoms with Gasteiger partial charge in [0.05, 0.1) is 17.8 Å². The smallest absolute Gasteiger partial charge is 0.310 e. The minimum absolute atomic E-state index is 0.0120. The SMILES string of the molecule is CCOC1OC(=O)CC1NC(=O)CN1CC=CCC(NC(=O)c2cc3ccccc3s2)C1=O. The van der Waals surface area contributed by atoms with Gasteiger partial charge in [-0.15, -0.1) is 11.3 Å². The lowest BCUT2D eigenvalue weighted by Gasteiger charge is -2.25. The number of thiophene rings is 1. The molecule has 3 atom stereocenters. The summed E-state index contributed by atoms with van der Waals surface area (Å²) in [5.41, 5.74) is 0. The van der Waals surface area contributed by atoms with Crippen LogP contribution in [-0.2, 0) is 23.9 Å². The molecule has 0 spiro atoms. The van der Waals surface area contributed by atoms with Crippen LogP contribution < -0.4 is 10.6 Å². The summed E-state index contributed by atoms with van der Waals surface area (Å²) in [5, 5.41) is 6.49. The molecule has 174 valence electrons. The van der Waals surface area contributed by atoms with Crippen molar-refractivity contribution in [3.8, 4) is 0 Å². The van der Waals surface area contributed by atoms with E-state index in [0.29, 0.717) is 17.9 Å². The summed E-state index contributed by atoms with van der Waals surface area (Å²) in [5.74, 6) is -1.54. The number of amides is 3. The summed E-state index contributed by atoms with van der Waals surface area (Å²) < 4.78 is 11.4. The Hall–Kier alpha value is -3.24. The first-order chi connectivity index (χ1) is 15.9. The number of fused-ring (bicyclic) bond motifs is 1. The van der Waals surface area contributed by atoms with Crippen molar-refractivity contribution in [1.82, 2.24) is 15.5 Å². The van der Waals surface area contributed by atoms with Gasteiger partial charge in [0.2, 0.25) is 18.1 Å². The van der Waals surface area contributed by atoms with Crippen LogP contribution in [0, 0.1) is 0 Å². The molecule has 2 aromatic rings. The Bertz CT molecular complexity index is 1060. The molecule has 1 fully saturated rings. The first kappa shape index (κ1) is 22.9. The van der Waals surface area contributed by atoms with Gasteiger partial charge in [-0.05, 0) is 30.9 Å². The molecule has 1 saturated heterocycles. The number of carbonyl (C=O) groups excluding carboxylic acids is 4. The summed E-state index contributed by atoms with van der Waals surface area (Å²) in [7, 11) is 0. The Labute approximate surface area is 194 Å². The number of rotatable bonds is 7. The monoisotopic (exact) mass is 471 g/mol. The second-order valence-corrected chi connectivity index (χ2v) is 8.88. The van der Waals surface area contributed by atoms with E-state index in [-0.39, 0.29) is 31.3 Å². The number of nitrogens with one attached hydrogen (secondary N) is 2. The summed E-state index contributed by atoms with van der Waals surface area (Å²) in [6, 6.07) is 8.11. The number of esters is 1. The van der Waals surface area contributed by atoms with E-state index < -0.39 is 30.3 Å². The van der Waals surface area contributed by atoms with Crippen molar-refractivity contribution in [3.63, 3.8) is 0 Å². The number of hydrogen-bond acceptors (Lipinski definition) is 7. The minimum Gasteiger partial charge on any atom is -0.433 e. The van der Waals surface area contributed by atoms with Crippen molar-refractivity contribution in [2.45, 2.75) is 38.1 Å². The van der Waals surface area contributed by atoms with Crippen molar-refractivity contribution in [3.05, 3.63) is 47.4 Å². The minimum atomic E-state index is -0.834. The normalized spacial score (nSPS) is 22.8. The average Bonchev–Trinajstić information content (AvgIpc) is 3.33. The van der Waals surface area contributed by atoms with E-state index in [1.54, 1.807) is 19.1 Å². The molecule has 0 radical (unpaired) electrons. The van der Waals surface area contributed by atoms with Crippen LogP contribution in [0.2, 0.25) is 0 Å². The van der Waals surface area contributed by atoms with E-state index >= 15 is 0 Å². The first-order valence-electron chi connectivity index (χ1n) is 10.8. The molecule has 1 aromatic heterocycles. The van der Waals surface area contributed by atoms with Crippen molar-refractivity contribution >= 4 is 45.1 Å². The van der Waals surface area contributed by atoms with Gasteiger partial charge in [0, 0.05) is 17.9 Å². The van der Waals surface area contributed by atoms with E-state index in [0.717, 1.165) is 10.1 Å². The summed E-state index contributed by atoms with van der Waals surface area (Å²) in [4.78, 5) is 51.9. The molecule has 0 bridgehead atoms. The summed E-state index contributed by atoms with van der Waals surface area (Å²) in [6.45, 7) is 2.14. The Morgan fingerprint density at radius 2 is 2.03 bits per heavy atom. The number of hydrogen-bond donors (Lipinski definition) is 2. The highest BCUT2D eigenvalue weighted by Gasteiger charge is 2.37. The van der Waals surface area contributed by atoms with Crippen molar-refractivity contribution in [2.24, 2.45) is 0 Å². The third kappa shape index (κ3) is 5.40. The molecule has 2 aliphatic rings. The van der Waals surface area contributed by atoms with Gasteiger partial charge in [0.25, 0.3) is 5.91 Å². The Morgan fingerprint density at radius 1 is 1.21 bits per heavy atom. The highest BCUT2D eigenvalue weighted by atomic mass is 32.1. The highest BCUT2D eigenvalue weighted by Crippen LogP contribution is 2.25. The second kappa shape index (κ2) is 10.1. The summed E-state index contributed by atoms with van der Waals surface area (Å²) in [6.07, 6.45) is 3.13. The molecule has 0 saturated carbocycles. The largest absolute Gasteiger partial charge is 0.433 e. The molecule has 2 aliphatic heterocycles. The predicted octanol–water partition coefficient (Wildman–Crippen LogP) is 1.58. The van der Waals surface area contributed by atoms with Gasteiger partial charge in [-0.25, -0.2) is 0 Å². The van der Waals surface area contributed by atoms with Crippen LogP contribution in [0.1, 0.15) is 29.4 Å². The zero-order chi connectivity index (χ0) is 23.4. The molecule has 33 heavy (non-hydrogen) atoms. The quantitative estimate of drug-likeness (QED) is 0.468. The molecule has 4 rings (SSSR count). The van der Waals surface area contributed by atoms with Crippen LogP contribution in [0.4, 0.5) is 0 Å². The lowest BCUT2D eigenvalue weighted by molar-refractivity contribution is -0.164. The van der Waals surface area contributed by atoms with Crippen LogP contribution in [0.3, 0.4) is 0 Å².